The molecule has 3 rings (SSSR count). The first-order valence-corrected chi connectivity index (χ1v) is 7.41. The van der Waals surface area contributed by atoms with Gasteiger partial charge in [-0.25, -0.2) is 0 Å². The van der Waals surface area contributed by atoms with Crippen LogP contribution in [0.3, 0.4) is 0 Å². The number of nitrogens with one attached hydrogen (secondary N) is 1. The highest BCUT2D eigenvalue weighted by Crippen LogP contribution is 2.31. The first kappa shape index (κ1) is 14.6. The Labute approximate surface area is 130 Å². The molecule has 114 valence electrons. The van der Waals surface area contributed by atoms with E-state index in [0.717, 1.165) is 22.5 Å². The molecule has 0 radical (unpaired) electrons. The average Bonchev–Trinajstić information content (AvgIpc) is 2.99. The summed E-state index contributed by atoms with van der Waals surface area (Å²) in [6, 6.07) is 12.3. The van der Waals surface area contributed by atoms with Crippen molar-refractivity contribution >= 4 is 11.0 Å². The Morgan fingerprint density at radius 3 is 2.59 bits per heavy atom. The predicted molar refractivity (Wildman–Crippen MR) is 87.0 cm³/mol. The molecule has 4 nitrogen and oxygen atoms in total. The molecule has 0 aliphatic carbocycles. The highest BCUT2D eigenvalue weighted by molar-refractivity contribution is 5.83. The van der Waals surface area contributed by atoms with E-state index < -0.39 is 0 Å². The van der Waals surface area contributed by atoms with E-state index in [1.807, 2.05) is 42.7 Å². The zero-order valence-electron chi connectivity index (χ0n) is 13.0. The molecule has 0 saturated carbocycles. The highest BCUT2D eigenvalue weighted by Gasteiger charge is 2.16. The molecule has 0 aliphatic heterocycles. The molecule has 1 N–H and O–H groups in total. The molecule has 3 aromatic rings. The lowest BCUT2D eigenvalue weighted by Crippen LogP contribution is -2.22. The zero-order valence-corrected chi connectivity index (χ0v) is 13.0. The van der Waals surface area contributed by atoms with Crippen LogP contribution in [0.2, 0.25) is 0 Å². The molecule has 0 saturated heterocycles. The van der Waals surface area contributed by atoms with E-state index in [4.69, 9.17) is 9.15 Å². The summed E-state index contributed by atoms with van der Waals surface area (Å²) in [5, 5.41) is 4.60. The summed E-state index contributed by atoms with van der Waals surface area (Å²) >= 11 is 0. The lowest BCUT2D eigenvalue weighted by molar-refractivity contribution is 0.391. The summed E-state index contributed by atoms with van der Waals surface area (Å²) in [5.74, 6) is 1.67. The second-order valence-electron chi connectivity index (χ2n) is 5.42. The van der Waals surface area contributed by atoms with E-state index in [-0.39, 0.29) is 12.1 Å². The van der Waals surface area contributed by atoms with Gasteiger partial charge in [-0.15, -0.1) is 0 Å². The molecule has 4 heteroatoms. The third-order valence-corrected chi connectivity index (χ3v) is 3.88. The van der Waals surface area contributed by atoms with Gasteiger partial charge in [0, 0.05) is 23.8 Å². The van der Waals surface area contributed by atoms with Gasteiger partial charge < -0.3 is 14.5 Å². The van der Waals surface area contributed by atoms with Crippen molar-refractivity contribution in [3.63, 3.8) is 0 Å². The van der Waals surface area contributed by atoms with E-state index in [0.29, 0.717) is 0 Å². The summed E-state index contributed by atoms with van der Waals surface area (Å²) in [6.07, 6.45) is 3.62. The number of fused-ring (bicyclic) bond motifs is 1. The van der Waals surface area contributed by atoms with Gasteiger partial charge in [0.15, 0.2) is 11.3 Å². The van der Waals surface area contributed by atoms with Crippen molar-refractivity contribution in [2.45, 2.75) is 25.9 Å². The summed E-state index contributed by atoms with van der Waals surface area (Å²) in [5.41, 5.74) is 2.00. The Bertz CT molecular complexity index is 752. The molecular formula is C18H20N2O2. The Morgan fingerprint density at radius 1 is 1.09 bits per heavy atom. The number of benzene rings is 1. The standard InChI is InChI=1S/C18H20N2O2/c1-12(14-7-9-19-10-8-14)20-13(2)17-11-15-5-4-6-16(21-3)18(15)22-17/h4-13,20H,1-3H3. The van der Waals surface area contributed by atoms with E-state index in [1.165, 1.54) is 5.56 Å². The second-order valence-corrected chi connectivity index (χ2v) is 5.42. The van der Waals surface area contributed by atoms with Gasteiger partial charge in [-0.2, -0.15) is 0 Å². The molecule has 2 atom stereocenters. The zero-order chi connectivity index (χ0) is 15.5. The maximum Gasteiger partial charge on any atom is 0.176 e. The van der Waals surface area contributed by atoms with Crippen molar-refractivity contribution < 1.29 is 9.15 Å². The number of methoxy groups -OCH3 is 1. The van der Waals surface area contributed by atoms with Crippen LogP contribution in [0, 0.1) is 0 Å². The maximum atomic E-state index is 5.99. The fraction of sp³-hybridized carbons (Fsp3) is 0.278. The number of furan rings is 1. The van der Waals surface area contributed by atoms with Crippen molar-refractivity contribution in [2.24, 2.45) is 0 Å². The summed E-state index contributed by atoms with van der Waals surface area (Å²) in [6.45, 7) is 4.23. The van der Waals surface area contributed by atoms with Crippen LogP contribution in [0.4, 0.5) is 0 Å². The maximum absolute atomic E-state index is 5.99. The number of hydrogen-bond acceptors (Lipinski definition) is 4. The number of pyridine rings is 1. The Hall–Kier alpha value is -2.33. The minimum Gasteiger partial charge on any atom is -0.493 e. The van der Waals surface area contributed by atoms with Gasteiger partial charge in [-0.1, -0.05) is 12.1 Å². The molecule has 0 aliphatic rings. The first-order chi connectivity index (χ1) is 10.7. The fourth-order valence-electron chi connectivity index (χ4n) is 2.64. The number of para-hydroxylation sites is 1. The van der Waals surface area contributed by atoms with Crippen LogP contribution in [0.1, 0.15) is 37.3 Å². The van der Waals surface area contributed by atoms with Crippen LogP contribution >= 0.6 is 0 Å². The fourth-order valence-corrected chi connectivity index (χ4v) is 2.64. The van der Waals surface area contributed by atoms with Crippen molar-refractivity contribution in [1.82, 2.24) is 10.3 Å². The number of aromatic nitrogens is 1. The van der Waals surface area contributed by atoms with Gasteiger partial charge >= 0.3 is 0 Å². The van der Waals surface area contributed by atoms with Crippen molar-refractivity contribution in [1.29, 1.82) is 0 Å². The SMILES string of the molecule is COc1cccc2cc(C(C)NC(C)c3ccncc3)oc12. The summed E-state index contributed by atoms with van der Waals surface area (Å²) < 4.78 is 11.3. The van der Waals surface area contributed by atoms with Gasteiger partial charge in [-0.3, -0.25) is 4.98 Å². The lowest BCUT2D eigenvalue weighted by atomic mass is 10.1. The van der Waals surface area contributed by atoms with Gasteiger partial charge in [0.05, 0.1) is 13.2 Å². The van der Waals surface area contributed by atoms with Crippen molar-refractivity contribution in [3.8, 4) is 5.75 Å². The topological polar surface area (TPSA) is 47.3 Å². The minimum absolute atomic E-state index is 0.0975. The van der Waals surface area contributed by atoms with E-state index in [1.54, 1.807) is 7.11 Å². The minimum atomic E-state index is 0.0975. The van der Waals surface area contributed by atoms with E-state index in [2.05, 4.69) is 30.2 Å². The van der Waals surface area contributed by atoms with Gasteiger partial charge in [0.1, 0.15) is 5.76 Å². The molecule has 0 bridgehead atoms. The molecule has 1 aromatic carbocycles. The molecule has 2 heterocycles. The number of ether oxygens (including phenoxy) is 1. The molecule has 0 amide bonds. The molecule has 22 heavy (non-hydrogen) atoms. The third-order valence-electron chi connectivity index (χ3n) is 3.88. The normalized spacial score (nSPS) is 14.0. The molecule has 2 aromatic heterocycles. The van der Waals surface area contributed by atoms with Crippen LogP contribution in [0.5, 0.6) is 5.75 Å². The number of nitrogens with zero attached hydrogens (tertiary/aromatic N) is 1. The number of rotatable bonds is 5. The van der Waals surface area contributed by atoms with Crippen LogP contribution < -0.4 is 10.1 Å². The Balaban J connectivity index is 1.82. The largest absolute Gasteiger partial charge is 0.493 e. The Kier molecular flexibility index (Phi) is 4.11. The second kappa shape index (κ2) is 6.20. The highest BCUT2D eigenvalue weighted by atomic mass is 16.5. The average molecular weight is 296 g/mol. The van der Waals surface area contributed by atoms with Crippen molar-refractivity contribution in [3.05, 3.63) is 60.1 Å². The predicted octanol–water partition coefficient (Wildman–Crippen LogP) is 4.25. The van der Waals surface area contributed by atoms with Gasteiger partial charge in [0.25, 0.3) is 0 Å². The molecule has 2 unspecified atom stereocenters. The van der Waals surface area contributed by atoms with Crippen molar-refractivity contribution in [2.75, 3.05) is 7.11 Å². The number of hydrogen-bond donors (Lipinski definition) is 1. The van der Waals surface area contributed by atoms with Crippen LogP contribution in [0.15, 0.2) is 53.2 Å². The molecular weight excluding hydrogens is 276 g/mol. The lowest BCUT2D eigenvalue weighted by Gasteiger charge is -2.18. The monoisotopic (exact) mass is 296 g/mol. The van der Waals surface area contributed by atoms with Gasteiger partial charge in [0.2, 0.25) is 0 Å². The van der Waals surface area contributed by atoms with Gasteiger partial charge in [-0.05, 0) is 43.7 Å². The quantitative estimate of drug-likeness (QED) is 0.764. The van der Waals surface area contributed by atoms with E-state index >= 15 is 0 Å². The Morgan fingerprint density at radius 2 is 1.86 bits per heavy atom. The molecule has 0 spiro atoms. The summed E-state index contributed by atoms with van der Waals surface area (Å²) in [7, 11) is 1.66. The summed E-state index contributed by atoms with van der Waals surface area (Å²) in [4.78, 5) is 4.05. The van der Waals surface area contributed by atoms with Crippen LogP contribution in [-0.2, 0) is 0 Å². The smallest absolute Gasteiger partial charge is 0.176 e. The first-order valence-electron chi connectivity index (χ1n) is 7.41. The van der Waals surface area contributed by atoms with E-state index in [9.17, 15) is 0 Å². The van der Waals surface area contributed by atoms with Crippen LogP contribution in [0.25, 0.3) is 11.0 Å². The van der Waals surface area contributed by atoms with Crippen LogP contribution in [-0.4, -0.2) is 12.1 Å². The molecule has 0 fully saturated rings. The third kappa shape index (κ3) is 2.83.